The average Bonchev–Trinajstić information content (AvgIpc) is 2.91. The summed E-state index contributed by atoms with van der Waals surface area (Å²) in [5, 5.41) is 9.86. The minimum atomic E-state index is -0.955. The summed E-state index contributed by atoms with van der Waals surface area (Å²) in [5.74, 6) is 1.20. The highest BCUT2D eigenvalue weighted by Crippen LogP contribution is 2.26. The van der Waals surface area contributed by atoms with Gasteiger partial charge < -0.3 is 14.4 Å². The van der Waals surface area contributed by atoms with Crippen molar-refractivity contribution in [1.82, 2.24) is 9.55 Å². The van der Waals surface area contributed by atoms with Crippen molar-refractivity contribution in [1.29, 1.82) is 0 Å². The number of aromatic nitrogens is 2. The molecule has 3 rings (SSSR count). The summed E-state index contributed by atoms with van der Waals surface area (Å²) in [6, 6.07) is 10.6. The first-order valence-electron chi connectivity index (χ1n) is 8.96. The highest BCUT2D eigenvalue weighted by Gasteiger charge is 2.13. The number of carbonyl (C=O) groups is 1. The van der Waals surface area contributed by atoms with E-state index in [0.717, 1.165) is 34.6 Å². The summed E-state index contributed by atoms with van der Waals surface area (Å²) in [4.78, 5) is 15.8. The van der Waals surface area contributed by atoms with Crippen molar-refractivity contribution < 1.29 is 14.6 Å². The number of carboxylic acid groups (broad SMARTS) is 1. The number of carboxylic acids is 1. The van der Waals surface area contributed by atoms with Gasteiger partial charge >= 0.3 is 5.97 Å². The lowest BCUT2D eigenvalue weighted by Gasteiger charge is -2.12. The standard InChI is InChI=1S/C21H23ClN2O3/c1-13(2)8-9-27-17-6-4-16(18(22)11-17)12-24-14(3)23-19-7-5-15(21(25)26)10-20(19)24/h4-7,10-11,13H,8-9,12H2,1-3H3,(H,25,26). The zero-order valence-electron chi connectivity index (χ0n) is 15.7. The van der Waals surface area contributed by atoms with Gasteiger partial charge in [0.1, 0.15) is 11.6 Å². The van der Waals surface area contributed by atoms with Crippen molar-refractivity contribution >= 4 is 28.6 Å². The number of hydrogen-bond donors (Lipinski definition) is 1. The highest BCUT2D eigenvalue weighted by atomic mass is 35.5. The maximum absolute atomic E-state index is 11.3. The Kier molecular flexibility index (Phi) is 5.71. The van der Waals surface area contributed by atoms with E-state index in [1.165, 1.54) is 0 Å². The van der Waals surface area contributed by atoms with Gasteiger partial charge in [-0.25, -0.2) is 9.78 Å². The van der Waals surface area contributed by atoms with Gasteiger partial charge in [0.25, 0.3) is 0 Å². The van der Waals surface area contributed by atoms with Crippen molar-refractivity contribution in [2.45, 2.75) is 33.7 Å². The van der Waals surface area contributed by atoms with E-state index in [1.807, 2.05) is 29.7 Å². The van der Waals surface area contributed by atoms with Crippen LogP contribution in [0.15, 0.2) is 36.4 Å². The molecule has 0 saturated heterocycles. The van der Waals surface area contributed by atoms with Gasteiger partial charge in [0.15, 0.2) is 0 Å². The Labute approximate surface area is 163 Å². The van der Waals surface area contributed by atoms with Crippen LogP contribution >= 0.6 is 11.6 Å². The van der Waals surface area contributed by atoms with Crippen LogP contribution in [0.1, 0.15) is 42.0 Å². The van der Waals surface area contributed by atoms with Crippen molar-refractivity contribution in [2.75, 3.05) is 6.61 Å². The number of halogens is 1. The monoisotopic (exact) mass is 386 g/mol. The summed E-state index contributed by atoms with van der Waals surface area (Å²) in [6.07, 6.45) is 0.992. The average molecular weight is 387 g/mol. The molecule has 0 fully saturated rings. The molecule has 2 aromatic carbocycles. The summed E-state index contributed by atoms with van der Waals surface area (Å²) >= 11 is 6.47. The third kappa shape index (κ3) is 4.42. The van der Waals surface area contributed by atoms with Crippen LogP contribution in [-0.2, 0) is 6.54 Å². The number of hydrogen-bond acceptors (Lipinski definition) is 3. The fraction of sp³-hybridized carbons (Fsp3) is 0.333. The number of imidazole rings is 1. The lowest BCUT2D eigenvalue weighted by molar-refractivity contribution is 0.0697. The molecule has 6 heteroatoms. The molecule has 0 amide bonds. The summed E-state index contributed by atoms with van der Waals surface area (Å²) in [6.45, 7) is 7.39. The van der Waals surface area contributed by atoms with E-state index in [2.05, 4.69) is 18.8 Å². The van der Waals surface area contributed by atoms with Crippen LogP contribution in [0.2, 0.25) is 5.02 Å². The molecule has 1 aromatic heterocycles. The largest absolute Gasteiger partial charge is 0.494 e. The fourth-order valence-electron chi connectivity index (χ4n) is 2.90. The van der Waals surface area contributed by atoms with Gasteiger partial charge in [0.05, 0.1) is 29.7 Å². The number of rotatable bonds is 7. The Bertz CT molecular complexity index is 979. The lowest BCUT2D eigenvalue weighted by Crippen LogP contribution is -2.05. The van der Waals surface area contributed by atoms with Crippen molar-refractivity contribution in [3.05, 3.63) is 58.4 Å². The zero-order valence-corrected chi connectivity index (χ0v) is 16.5. The van der Waals surface area contributed by atoms with Crippen LogP contribution in [0.3, 0.4) is 0 Å². The summed E-state index contributed by atoms with van der Waals surface area (Å²) < 4.78 is 7.73. The second-order valence-corrected chi connectivity index (χ2v) is 7.45. The van der Waals surface area contributed by atoms with Crippen LogP contribution in [0.4, 0.5) is 0 Å². The number of ether oxygens (including phenoxy) is 1. The SMILES string of the molecule is Cc1nc2ccc(C(=O)O)cc2n1Cc1ccc(OCCC(C)C)cc1Cl. The van der Waals surface area contributed by atoms with Crippen LogP contribution < -0.4 is 4.74 Å². The molecule has 0 unspecified atom stereocenters. The van der Waals surface area contributed by atoms with Gasteiger partial charge in [-0.2, -0.15) is 0 Å². The number of nitrogens with zero attached hydrogens (tertiary/aromatic N) is 2. The molecule has 0 bridgehead atoms. The van der Waals surface area contributed by atoms with E-state index >= 15 is 0 Å². The van der Waals surface area contributed by atoms with Crippen molar-refractivity contribution in [3.63, 3.8) is 0 Å². The van der Waals surface area contributed by atoms with Gasteiger partial charge in [0.2, 0.25) is 0 Å². The molecule has 0 radical (unpaired) electrons. The molecule has 0 spiro atoms. The smallest absolute Gasteiger partial charge is 0.335 e. The Morgan fingerprint density at radius 3 is 2.70 bits per heavy atom. The maximum atomic E-state index is 11.3. The second-order valence-electron chi connectivity index (χ2n) is 7.04. The van der Waals surface area contributed by atoms with Crippen molar-refractivity contribution in [2.24, 2.45) is 5.92 Å². The first kappa shape index (κ1) is 19.2. The van der Waals surface area contributed by atoms with E-state index in [4.69, 9.17) is 16.3 Å². The van der Waals surface area contributed by atoms with E-state index in [9.17, 15) is 9.90 Å². The van der Waals surface area contributed by atoms with Gasteiger partial charge in [0, 0.05) is 5.02 Å². The molecule has 27 heavy (non-hydrogen) atoms. The first-order chi connectivity index (χ1) is 12.8. The Morgan fingerprint density at radius 2 is 2.04 bits per heavy atom. The van der Waals surface area contributed by atoms with Crippen LogP contribution in [-0.4, -0.2) is 27.2 Å². The summed E-state index contributed by atoms with van der Waals surface area (Å²) in [7, 11) is 0. The molecule has 0 aliphatic rings. The molecule has 0 saturated carbocycles. The predicted molar refractivity (Wildman–Crippen MR) is 107 cm³/mol. The highest BCUT2D eigenvalue weighted by molar-refractivity contribution is 6.31. The van der Waals surface area contributed by atoms with E-state index in [-0.39, 0.29) is 5.56 Å². The quantitative estimate of drug-likeness (QED) is 0.608. The van der Waals surface area contributed by atoms with E-state index < -0.39 is 5.97 Å². The third-order valence-corrected chi connectivity index (χ3v) is 4.85. The molecule has 142 valence electrons. The van der Waals surface area contributed by atoms with Crippen LogP contribution in [0.5, 0.6) is 5.75 Å². The van der Waals surface area contributed by atoms with Gasteiger partial charge in [-0.15, -0.1) is 0 Å². The minimum Gasteiger partial charge on any atom is -0.494 e. The first-order valence-corrected chi connectivity index (χ1v) is 9.34. The van der Waals surface area contributed by atoms with Gasteiger partial charge in [-0.3, -0.25) is 0 Å². The Morgan fingerprint density at radius 1 is 1.26 bits per heavy atom. The Hall–Kier alpha value is -2.53. The molecular formula is C21H23ClN2O3. The second kappa shape index (κ2) is 8.01. The van der Waals surface area contributed by atoms with Crippen LogP contribution in [0, 0.1) is 12.8 Å². The number of fused-ring (bicyclic) bond motifs is 1. The molecular weight excluding hydrogens is 364 g/mol. The lowest BCUT2D eigenvalue weighted by atomic mass is 10.1. The third-order valence-electron chi connectivity index (χ3n) is 4.50. The zero-order chi connectivity index (χ0) is 19.6. The van der Waals surface area contributed by atoms with Gasteiger partial charge in [-0.1, -0.05) is 31.5 Å². The van der Waals surface area contributed by atoms with Crippen LogP contribution in [0.25, 0.3) is 11.0 Å². The van der Waals surface area contributed by atoms with Gasteiger partial charge in [-0.05, 0) is 55.2 Å². The molecule has 0 aliphatic carbocycles. The minimum absolute atomic E-state index is 0.239. The maximum Gasteiger partial charge on any atom is 0.335 e. The molecule has 1 heterocycles. The Balaban J connectivity index is 1.85. The summed E-state index contributed by atoms with van der Waals surface area (Å²) in [5.41, 5.74) is 2.71. The fourth-order valence-corrected chi connectivity index (χ4v) is 3.13. The number of aromatic carboxylic acids is 1. The molecule has 0 atom stereocenters. The molecule has 1 N–H and O–H groups in total. The molecule has 3 aromatic rings. The van der Waals surface area contributed by atoms with E-state index in [0.29, 0.717) is 24.1 Å². The number of benzene rings is 2. The molecule has 0 aliphatic heterocycles. The number of aryl methyl sites for hydroxylation is 1. The topological polar surface area (TPSA) is 64.3 Å². The van der Waals surface area contributed by atoms with E-state index in [1.54, 1.807) is 18.2 Å². The predicted octanol–water partition coefficient (Wildman–Crippen LogP) is 5.17. The van der Waals surface area contributed by atoms with Crippen molar-refractivity contribution in [3.8, 4) is 5.75 Å². The normalized spacial score (nSPS) is 11.3. The molecule has 5 nitrogen and oxygen atoms in total.